The molecule has 0 atom stereocenters. The summed E-state index contributed by atoms with van der Waals surface area (Å²) in [5.74, 6) is 1.39. The molecule has 0 unspecified atom stereocenters. The molecule has 5 heteroatoms. The van der Waals surface area contributed by atoms with Crippen molar-refractivity contribution in [1.82, 2.24) is 4.98 Å². The van der Waals surface area contributed by atoms with Crippen LogP contribution in [0.5, 0.6) is 0 Å². The van der Waals surface area contributed by atoms with Gasteiger partial charge in [0.2, 0.25) is 0 Å². The summed E-state index contributed by atoms with van der Waals surface area (Å²) in [6.45, 7) is 0.812. The van der Waals surface area contributed by atoms with Gasteiger partial charge >= 0.3 is 0 Å². The van der Waals surface area contributed by atoms with Gasteiger partial charge in [0, 0.05) is 18.6 Å². The van der Waals surface area contributed by atoms with E-state index in [-0.39, 0.29) is 5.91 Å². The summed E-state index contributed by atoms with van der Waals surface area (Å²) >= 11 is 5.75. The number of amides is 1. The molecule has 1 aromatic heterocycles. The fraction of sp³-hybridized carbons (Fsp3) is 0.294. The highest BCUT2D eigenvalue weighted by atomic mass is 35.5. The Hall–Kier alpha value is -2.07. The van der Waals surface area contributed by atoms with Crippen molar-refractivity contribution >= 4 is 34.7 Å². The average Bonchev–Trinajstić information content (AvgIpc) is 2.67. The number of nitrogens with one attached hydrogen (secondary N) is 1. The van der Waals surface area contributed by atoms with Crippen molar-refractivity contribution in [2.24, 2.45) is 0 Å². The average molecular weight is 316 g/mol. The molecule has 0 aliphatic carbocycles. The van der Waals surface area contributed by atoms with Gasteiger partial charge in [0.15, 0.2) is 5.82 Å². The Labute approximate surface area is 135 Å². The van der Waals surface area contributed by atoms with Gasteiger partial charge in [-0.2, -0.15) is 0 Å². The summed E-state index contributed by atoms with van der Waals surface area (Å²) in [5, 5.41) is 2.95. The fourth-order valence-corrected chi connectivity index (χ4v) is 2.87. The first-order chi connectivity index (χ1) is 10.8. The van der Waals surface area contributed by atoms with Crippen LogP contribution in [0.4, 0.5) is 17.2 Å². The van der Waals surface area contributed by atoms with Crippen molar-refractivity contribution in [2.75, 3.05) is 22.6 Å². The van der Waals surface area contributed by atoms with Gasteiger partial charge in [-0.1, -0.05) is 18.6 Å². The zero-order valence-electron chi connectivity index (χ0n) is 12.3. The largest absolute Gasteiger partial charge is 0.324 e. The molecule has 2 heterocycles. The van der Waals surface area contributed by atoms with E-state index in [0.717, 1.165) is 43.0 Å². The van der Waals surface area contributed by atoms with Crippen LogP contribution in [-0.4, -0.2) is 23.3 Å². The number of halogens is 1. The highest BCUT2D eigenvalue weighted by molar-refractivity contribution is 6.17. The maximum absolute atomic E-state index is 12.4. The molecule has 2 aromatic rings. The maximum Gasteiger partial charge on any atom is 0.257 e. The van der Waals surface area contributed by atoms with E-state index >= 15 is 0 Å². The number of carbonyl (C=O) groups is 1. The van der Waals surface area contributed by atoms with Crippen LogP contribution >= 0.6 is 11.6 Å². The van der Waals surface area contributed by atoms with Crippen LogP contribution in [0.25, 0.3) is 0 Å². The molecule has 4 nitrogen and oxygen atoms in total. The number of para-hydroxylation sites is 1. The highest BCUT2D eigenvalue weighted by Gasteiger charge is 2.25. The number of aromatic nitrogens is 1. The fourth-order valence-electron chi connectivity index (χ4n) is 2.68. The van der Waals surface area contributed by atoms with Crippen LogP contribution in [0.15, 0.2) is 42.6 Å². The standard InChI is InChI=1S/C17H18ClN3O/c18-10-4-1-5-12-21-15-9-3-2-7-13(15)17(22)20-14-8-6-11-19-16(14)21/h2-3,6-9,11H,1,4-5,10,12H2,(H,20,22). The topological polar surface area (TPSA) is 45.2 Å². The van der Waals surface area contributed by atoms with Gasteiger partial charge in [-0.25, -0.2) is 4.98 Å². The molecule has 0 saturated heterocycles. The quantitative estimate of drug-likeness (QED) is 0.664. The van der Waals surface area contributed by atoms with Crippen molar-refractivity contribution in [3.8, 4) is 0 Å². The minimum atomic E-state index is -0.0897. The molecule has 3 rings (SSSR count). The number of fused-ring (bicyclic) bond motifs is 2. The van der Waals surface area contributed by atoms with Crippen molar-refractivity contribution in [3.05, 3.63) is 48.2 Å². The second-order valence-electron chi connectivity index (χ2n) is 5.25. The minimum absolute atomic E-state index is 0.0897. The van der Waals surface area contributed by atoms with Crippen LogP contribution in [0.2, 0.25) is 0 Å². The van der Waals surface area contributed by atoms with Gasteiger partial charge in [0.1, 0.15) is 0 Å². The van der Waals surface area contributed by atoms with E-state index in [1.807, 2.05) is 36.4 Å². The molecular weight excluding hydrogens is 298 g/mol. The SMILES string of the molecule is O=C1Nc2cccnc2N(CCCCCCl)c2ccccc21. The first kappa shape index (κ1) is 14.9. The Bertz CT molecular complexity index is 674. The minimum Gasteiger partial charge on any atom is -0.324 e. The summed E-state index contributed by atoms with van der Waals surface area (Å²) in [5.41, 5.74) is 2.34. The predicted molar refractivity (Wildman–Crippen MR) is 90.2 cm³/mol. The van der Waals surface area contributed by atoms with Crippen molar-refractivity contribution in [3.63, 3.8) is 0 Å². The lowest BCUT2D eigenvalue weighted by atomic mass is 10.1. The summed E-state index contributed by atoms with van der Waals surface area (Å²) < 4.78 is 0. The van der Waals surface area contributed by atoms with E-state index < -0.39 is 0 Å². The number of carbonyl (C=O) groups excluding carboxylic acids is 1. The molecule has 0 bridgehead atoms. The second-order valence-corrected chi connectivity index (χ2v) is 5.63. The lowest BCUT2D eigenvalue weighted by molar-refractivity contribution is 0.102. The number of unbranched alkanes of at least 4 members (excludes halogenated alkanes) is 2. The van der Waals surface area contributed by atoms with E-state index in [2.05, 4.69) is 15.2 Å². The smallest absolute Gasteiger partial charge is 0.257 e. The third-order valence-electron chi connectivity index (χ3n) is 3.75. The van der Waals surface area contributed by atoms with Gasteiger partial charge in [-0.3, -0.25) is 4.79 Å². The van der Waals surface area contributed by atoms with E-state index in [9.17, 15) is 4.79 Å². The van der Waals surface area contributed by atoms with Crippen molar-refractivity contribution in [2.45, 2.75) is 19.3 Å². The zero-order chi connectivity index (χ0) is 15.4. The van der Waals surface area contributed by atoms with Gasteiger partial charge < -0.3 is 10.2 Å². The van der Waals surface area contributed by atoms with Gasteiger partial charge in [-0.05, 0) is 37.1 Å². The predicted octanol–water partition coefficient (Wildman–Crippen LogP) is 4.19. The number of hydrogen-bond donors (Lipinski definition) is 1. The Kier molecular flexibility index (Phi) is 4.59. The van der Waals surface area contributed by atoms with Crippen LogP contribution < -0.4 is 10.2 Å². The Morgan fingerprint density at radius 2 is 1.95 bits per heavy atom. The maximum atomic E-state index is 12.4. The van der Waals surface area contributed by atoms with E-state index in [0.29, 0.717) is 11.4 Å². The zero-order valence-corrected chi connectivity index (χ0v) is 13.0. The van der Waals surface area contributed by atoms with Crippen LogP contribution in [0.1, 0.15) is 29.6 Å². The number of rotatable bonds is 5. The number of anilines is 3. The molecule has 1 N–H and O–H groups in total. The third-order valence-corrected chi connectivity index (χ3v) is 4.01. The first-order valence-electron chi connectivity index (χ1n) is 7.50. The first-order valence-corrected chi connectivity index (χ1v) is 8.03. The molecule has 114 valence electrons. The van der Waals surface area contributed by atoms with E-state index in [1.165, 1.54) is 0 Å². The third kappa shape index (κ3) is 2.92. The molecule has 1 amide bonds. The molecule has 0 radical (unpaired) electrons. The molecule has 1 aromatic carbocycles. The van der Waals surface area contributed by atoms with E-state index in [1.54, 1.807) is 6.20 Å². The lowest BCUT2D eigenvalue weighted by Gasteiger charge is -2.24. The van der Waals surface area contributed by atoms with Crippen molar-refractivity contribution in [1.29, 1.82) is 0 Å². The van der Waals surface area contributed by atoms with Crippen molar-refractivity contribution < 1.29 is 4.79 Å². The van der Waals surface area contributed by atoms with E-state index in [4.69, 9.17) is 11.6 Å². The molecule has 0 saturated carbocycles. The summed E-state index contributed by atoms with van der Waals surface area (Å²) in [4.78, 5) is 19.0. The number of benzene rings is 1. The number of pyridine rings is 1. The number of alkyl halides is 1. The molecule has 1 aliphatic rings. The van der Waals surface area contributed by atoms with Crippen LogP contribution in [0, 0.1) is 0 Å². The monoisotopic (exact) mass is 315 g/mol. The Morgan fingerprint density at radius 3 is 2.82 bits per heavy atom. The number of nitrogens with zero attached hydrogens (tertiary/aromatic N) is 2. The summed E-state index contributed by atoms with van der Waals surface area (Å²) in [6, 6.07) is 11.4. The van der Waals surface area contributed by atoms with Crippen LogP contribution in [0.3, 0.4) is 0 Å². The van der Waals surface area contributed by atoms with Gasteiger partial charge in [-0.15, -0.1) is 11.6 Å². The molecule has 1 aliphatic heterocycles. The molecular formula is C17H18ClN3O. The second kappa shape index (κ2) is 6.79. The summed E-state index contributed by atoms with van der Waals surface area (Å²) in [6.07, 6.45) is 4.82. The number of hydrogen-bond acceptors (Lipinski definition) is 3. The van der Waals surface area contributed by atoms with Gasteiger partial charge in [0.25, 0.3) is 5.91 Å². The van der Waals surface area contributed by atoms with Gasteiger partial charge in [0.05, 0.1) is 16.9 Å². The highest BCUT2D eigenvalue weighted by Crippen LogP contribution is 2.36. The Balaban J connectivity index is 1.98. The van der Waals surface area contributed by atoms with Crippen LogP contribution in [-0.2, 0) is 0 Å². The molecule has 0 spiro atoms. The molecule has 22 heavy (non-hydrogen) atoms. The lowest BCUT2D eigenvalue weighted by Crippen LogP contribution is -2.20. The Morgan fingerprint density at radius 1 is 1.09 bits per heavy atom. The normalized spacial score (nSPS) is 13.1. The summed E-state index contributed by atoms with van der Waals surface area (Å²) in [7, 11) is 0. The molecule has 0 fully saturated rings.